The Kier molecular flexibility index (Phi) is 3.35. The van der Waals surface area contributed by atoms with Crippen LogP contribution in [0.15, 0.2) is 44.3 Å². The van der Waals surface area contributed by atoms with E-state index in [-0.39, 0.29) is 23.3 Å². The van der Waals surface area contributed by atoms with Crippen LogP contribution in [0.4, 0.5) is 0 Å². The van der Waals surface area contributed by atoms with Crippen molar-refractivity contribution in [2.24, 2.45) is 0 Å². The van der Waals surface area contributed by atoms with Crippen LogP contribution in [0.1, 0.15) is 34.8 Å². The van der Waals surface area contributed by atoms with Crippen LogP contribution in [0.5, 0.6) is 5.75 Å². The molecule has 0 saturated carbocycles. The Bertz CT molecular complexity index is 1140. The van der Waals surface area contributed by atoms with Gasteiger partial charge in [0.15, 0.2) is 0 Å². The Morgan fingerprint density at radius 3 is 2.68 bits per heavy atom. The Labute approximate surface area is 142 Å². The molecule has 6 heteroatoms. The number of nitrogens with one attached hydrogen (secondary N) is 1. The molecule has 0 spiro atoms. The largest absolute Gasteiger partial charge is 0.428 e. The number of esters is 1. The van der Waals surface area contributed by atoms with Crippen molar-refractivity contribution in [3.8, 4) is 5.75 Å². The number of hydrogen-bond donors (Lipinski definition) is 1. The third-order valence-electron chi connectivity index (χ3n) is 4.42. The lowest BCUT2D eigenvalue weighted by Crippen LogP contribution is -2.30. The molecule has 0 radical (unpaired) electrons. The minimum absolute atomic E-state index is 0.0821. The van der Waals surface area contributed by atoms with Gasteiger partial charge in [-0.3, -0.25) is 9.59 Å². The molecule has 6 nitrogen and oxygen atoms in total. The lowest BCUT2D eigenvalue weighted by molar-refractivity contribution is -0.135. The van der Waals surface area contributed by atoms with Crippen LogP contribution >= 0.6 is 0 Å². The number of carbonyl (C=O) groups excluding carboxylic acids is 1. The van der Waals surface area contributed by atoms with E-state index in [1.54, 1.807) is 13.0 Å². The second kappa shape index (κ2) is 5.44. The summed E-state index contributed by atoms with van der Waals surface area (Å²) in [6.07, 6.45) is -0.0821. The Hall–Kier alpha value is -3.15. The molecule has 1 aliphatic heterocycles. The number of pyridine rings is 1. The first-order chi connectivity index (χ1) is 11.9. The van der Waals surface area contributed by atoms with Gasteiger partial charge in [0, 0.05) is 23.1 Å². The molecule has 0 unspecified atom stereocenters. The van der Waals surface area contributed by atoms with Crippen LogP contribution in [0, 0.1) is 13.8 Å². The monoisotopic (exact) mass is 337 g/mol. The summed E-state index contributed by atoms with van der Waals surface area (Å²) in [5.41, 5.74) is 1.38. The van der Waals surface area contributed by atoms with Crippen LogP contribution in [-0.2, 0) is 4.79 Å². The normalized spacial score (nSPS) is 16.6. The third kappa shape index (κ3) is 2.55. The first kappa shape index (κ1) is 15.4. The van der Waals surface area contributed by atoms with Crippen molar-refractivity contribution in [3.05, 3.63) is 73.6 Å². The van der Waals surface area contributed by atoms with Gasteiger partial charge in [-0.2, -0.15) is 0 Å². The predicted octanol–water partition coefficient (Wildman–Crippen LogP) is 2.54. The number of aryl methyl sites for hydroxylation is 2. The van der Waals surface area contributed by atoms with E-state index in [4.69, 9.17) is 9.15 Å². The van der Waals surface area contributed by atoms with Gasteiger partial charge in [0.25, 0.3) is 5.56 Å². The van der Waals surface area contributed by atoms with Crippen LogP contribution in [-0.4, -0.2) is 11.0 Å². The van der Waals surface area contributed by atoms with Crippen molar-refractivity contribution in [1.29, 1.82) is 0 Å². The quantitative estimate of drug-likeness (QED) is 0.689. The maximum atomic E-state index is 12.6. The minimum Gasteiger partial charge on any atom is -0.428 e. The molecule has 1 aliphatic rings. The smallest absolute Gasteiger partial charge is 0.343 e. The number of aromatic nitrogens is 1. The summed E-state index contributed by atoms with van der Waals surface area (Å²) in [7, 11) is 0. The molecule has 0 aliphatic carbocycles. The summed E-state index contributed by atoms with van der Waals surface area (Å²) in [6, 6.07) is 8.93. The van der Waals surface area contributed by atoms with Crippen molar-refractivity contribution in [2.45, 2.75) is 26.2 Å². The summed E-state index contributed by atoms with van der Waals surface area (Å²) in [5.74, 6) is -0.660. The minimum atomic E-state index is -0.692. The van der Waals surface area contributed by atoms with Crippen molar-refractivity contribution < 1.29 is 13.9 Å². The molecule has 1 atom stereocenters. The zero-order valence-electron chi connectivity index (χ0n) is 13.7. The Morgan fingerprint density at radius 2 is 1.88 bits per heavy atom. The number of ether oxygens (including phenoxy) is 1. The average molecular weight is 337 g/mol. The van der Waals surface area contributed by atoms with Gasteiger partial charge >= 0.3 is 11.6 Å². The SMILES string of the molecule is Cc1ccc2cc([C@@H]3CC(=O)Oc4cc(C)oc(=O)c43)c(=O)[nH]c2c1. The molecule has 0 fully saturated rings. The van der Waals surface area contributed by atoms with Crippen LogP contribution in [0.2, 0.25) is 0 Å². The van der Waals surface area contributed by atoms with Crippen LogP contribution in [0.25, 0.3) is 10.9 Å². The molecule has 1 N–H and O–H groups in total. The van der Waals surface area contributed by atoms with E-state index in [1.807, 2.05) is 25.1 Å². The molecule has 0 amide bonds. The van der Waals surface area contributed by atoms with Gasteiger partial charge in [-0.15, -0.1) is 0 Å². The molecule has 3 aromatic rings. The maximum absolute atomic E-state index is 12.6. The van der Waals surface area contributed by atoms with Gasteiger partial charge in [-0.1, -0.05) is 12.1 Å². The fraction of sp³-hybridized carbons (Fsp3) is 0.211. The van der Waals surface area contributed by atoms with Gasteiger partial charge in [-0.25, -0.2) is 4.79 Å². The highest BCUT2D eigenvalue weighted by Gasteiger charge is 2.34. The summed E-state index contributed by atoms with van der Waals surface area (Å²) in [6.45, 7) is 3.54. The highest BCUT2D eigenvalue weighted by atomic mass is 16.5. The van der Waals surface area contributed by atoms with Gasteiger partial charge < -0.3 is 14.1 Å². The average Bonchev–Trinajstić information content (AvgIpc) is 2.52. The molecule has 2 aromatic heterocycles. The number of benzene rings is 1. The van der Waals surface area contributed by atoms with Crippen LogP contribution in [0.3, 0.4) is 0 Å². The number of carbonyl (C=O) groups is 1. The predicted molar refractivity (Wildman–Crippen MR) is 91.1 cm³/mol. The second-order valence-electron chi connectivity index (χ2n) is 6.30. The number of hydrogen-bond acceptors (Lipinski definition) is 5. The Balaban J connectivity index is 1.97. The lowest BCUT2D eigenvalue weighted by atomic mass is 9.87. The molecule has 4 rings (SSSR count). The summed E-state index contributed by atoms with van der Waals surface area (Å²) < 4.78 is 10.3. The zero-order chi connectivity index (χ0) is 17.7. The number of fused-ring (bicyclic) bond motifs is 2. The topological polar surface area (TPSA) is 89.4 Å². The van der Waals surface area contributed by atoms with Gasteiger partial charge in [0.2, 0.25) is 0 Å². The second-order valence-corrected chi connectivity index (χ2v) is 6.30. The maximum Gasteiger partial charge on any atom is 0.343 e. The highest BCUT2D eigenvalue weighted by molar-refractivity contribution is 5.81. The van der Waals surface area contributed by atoms with Crippen molar-refractivity contribution >= 4 is 16.9 Å². The molecular formula is C19H15NO5. The van der Waals surface area contributed by atoms with Crippen molar-refractivity contribution in [1.82, 2.24) is 4.98 Å². The van der Waals surface area contributed by atoms with E-state index in [0.29, 0.717) is 16.8 Å². The van der Waals surface area contributed by atoms with E-state index in [0.717, 1.165) is 10.9 Å². The van der Waals surface area contributed by atoms with Gasteiger partial charge in [0.05, 0.1) is 12.0 Å². The number of rotatable bonds is 1. The van der Waals surface area contributed by atoms with Crippen molar-refractivity contribution in [2.75, 3.05) is 0 Å². The fourth-order valence-corrected chi connectivity index (χ4v) is 3.28. The number of H-pyrrole nitrogens is 1. The molecule has 0 bridgehead atoms. The standard InChI is InChI=1S/C19H15NO5/c1-9-3-4-11-7-13(18(22)20-14(11)5-9)12-8-16(21)25-15-6-10(2)24-19(23)17(12)15/h3-7,12H,8H2,1-2H3,(H,20,22)/t12-/m0/s1. The molecule has 25 heavy (non-hydrogen) atoms. The van der Waals surface area contributed by atoms with Crippen LogP contribution < -0.4 is 15.9 Å². The van der Waals surface area contributed by atoms with Crippen molar-refractivity contribution in [3.63, 3.8) is 0 Å². The summed E-state index contributed by atoms with van der Waals surface area (Å²) >= 11 is 0. The van der Waals surface area contributed by atoms with E-state index in [9.17, 15) is 14.4 Å². The molecule has 1 aromatic carbocycles. The van der Waals surface area contributed by atoms with E-state index in [2.05, 4.69) is 4.98 Å². The Morgan fingerprint density at radius 1 is 1.08 bits per heavy atom. The molecular weight excluding hydrogens is 322 g/mol. The lowest BCUT2D eigenvalue weighted by Gasteiger charge is -2.23. The zero-order valence-corrected chi connectivity index (χ0v) is 13.7. The third-order valence-corrected chi connectivity index (χ3v) is 4.42. The number of aromatic amines is 1. The fourth-order valence-electron chi connectivity index (χ4n) is 3.28. The first-order valence-electron chi connectivity index (χ1n) is 7.91. The van der Waals surface area contributed by atoms with E-state index >= 15 is 0 Å². The summed E-state index contributed by atoms with van der Waals surface area (Å²) in [4.78, 5) is 39.7. The first-order valence-corrected chi connectivity index (χ1v) is 7.91. The van der Waals surface area contributed by atoms with E-state index < -0.39 is 17.5 Å². The summed E-state index contributed by atoms with van der Waals surface area (Å²) in [5, 5.41) is 0.831. The molecule has 126 valence electrons. The van der Waals surface area contributed by atoms with Gasteiger partial charge in [0.1, 0.15) is 11.5 Å². The molecule has 3 heterocycles. The highest BCUT2D eigenvalue weighted by Crippen LogP contribution is 2.36. The van der Waals surface area contributed by atoms with E-state index in [1.165, 1.54) is 6.07 Å². The van der Waals surface area contributed by atoms with Gasteiger partial charge in [-0.05, 0) is 36.9 Å². The molecule has 0 saturated heterocycles.